The molecule has 0 saturated heterocycles. The van der Waals surface area contributed by atoms with Crippen molar-refractivity contribution in [1.29, 1.82) is 0 Å². The average molecular weight is 332 g/mol. The number of amides is 1. The van der Waals surface area contributed by atoms with Crippen LogP contribution in [0.15, 0.2) is 42.5 Å². The summed E-state index contributed by atoms with van der Waals surface area (Å²) in [7, 11) is 0. The van der Waals surface area contributed by atoms with Crippen molar-refractivity contribution in [2.24, 2.45) is 0 Å². The van der Waals surface area contributed by atoms with Crippen LogP contribution >= 0.6 is 11.6 Å². The van der Waals surface area contributed by atoms with Gasteiger partial charge in [-0.3, -0.25) is 4.79 Å². The molecule has 0 aliphatic rings. The molecule has 2 rings (SSSR count). The number of rotatable bonds is 5. The topological polar surface area (TPSA) is 38.3 Å². The van der Waals surface area contributed by atoms with E-state index in [1.54, 1.807) is 31.2 Å². The number of hydrogen-bond donors (Lipinski definition) is 1. The highest BCUT2D eigenvalue weighted by molar-refractivity contribution is 6.30. The molecule has 2 aromatic carbocycles. The van der Waals surface area contributed by atoms with E-state index in [1.165, 1.54) is 0 Å². The van der Waals surface area contributed by atoms with Crippen molar-refractivity contribution in [2.75, 3.05) is 5.32 Å². The molecule has 2 aromatic rings. The molecule has 1 amide bonds. The molecule has 3 nitrogen and oxygen atoms in total. The fraction of sp³-hybridized carbons (Fsp3) is 0.316. The van der Waals surface area contributed by atoms with Crippen molar-refractivity contribution in [2.45, 2.75) is 39.7 Å². The molecule has 23 heavy (non-hydrogen) atoms. The Labute approximate surface area is 142 Å². The van der Waals surface area contributed by atoms with Crippen molar-refractivity contribution in [3.8, 4) is 5.75 Å². The van der Waals surface area contributed by atoms with Gasteiger partial charge in [0, 0.05) is 10.7 Å². The zero-order chi connectivity index (χ0) is 17.0. The molecule has 0 radical (unpaired) electrons. The van der Waals surface area contributed by atoms with E-state index in [-0.39, 0.29) is 5.91 Å². The predicted molar refractivity (Wildman–Crippen MR) is 95.4 cm³/mol. The molecule has 0 saturated carbocycles. The quantitative estimate of drug-likeness (QED) is 0.820. The number of nitrogens with one attached hydrogen (secondary N) is 1. The third-order valence-corrected chi connectivity index (χ3v) is 3.92. The van der Waals surface area contributed by atoms with Crippen LogP contribution < -0.4 is 10.1 Å². The summed E-state index contributed by atoms with van der Waals surface area (Å²) in [4.78, 5) is 12.4. The van der Waals surface area contributed by atoms with Gasteiger partial charge in [0.15, 0.2) is 6.10 Å². The molecule has 0 aliphatic heterocycles. The maximum atomic E-state index is 12.4. The Kier molecular flexibility index (Phi) is 5.67. The largest absolute Gasteiger partial charge is 0.481 e. The van der Waals surface area contributed by atoms with Gasteiger partial charge < -0.3 is 10.1 Å². The second-order valence-electron chi connectivity index (χ2n) is 5.90. The fourth-order valence-corrected chi connectivity index (χ4v) is 2.46. The molecule has 0 aliphatic carbocycles. The number of hydrogen-bond acceptors (Lipinski definition) is 2. The second kappa shape index (κ2) is 7.51. The number of para-hydroxylation sites is 1. The molecule has 0 unspecified atom stereocenters. The molecule has 0 heterocycles. The molecule has 0 fully saturated rings. The van der Waals surface area contributed by atoms with Gasteiger partial charge in [-0.05, 0) is 55.2 Å². The summed E-state index contributed by atoms with van der Waals surface area (Å²) in [5.41, 5.74) is 3.04. The smallest absolute Gasteiger partial charge is 0.265 e. The molecule has 0 bridgehead atoms. The average Bonchev–Trinajstić information content (AvgIpc) is 2.51. The lowest BCUT2D eigenvalue weighted by Crippen LogP contribution is -2.30. The van der Waals surface area contributed by atoms with Crippen LogP contribution in [0.1, 0.15) is 37.8 Å². The SMILES string of the molecule is Cc1cccc(C(C)C)c1NC(=O)[C@@H](C)Oc1ccc(Cl)cc1. The third kappa shape index (κ3) is 4.49. The summed E-state index contributed by atoms with van der Waals surface area (Å²) >= 11 is 5.85. The van der Waals surface area contributed by atoms with Gasteiger partial charge in [-0.25, -0.2) is 0 Å². The summed E-state index contributed by atoms with van der Waals surface area (Å²) in [5.74, 6) is 0.778. The number of benzene rings is 2. The van der Waals surface area contributed by atoms with Crippen LogP contribution in [0.4, 0.5) is 5.69 Å². The van der Waals surface area contributed by atoms with Gasteiger partial charge in [-0.1, -0.05) is 43.6 Å². The normalized spacial score (nSPS) is 12.1. The Bertz CT molecular complexity index is 680. The number of carbonyl (C=O) groups excluding carboxylic acids is 1. The van der Waals surface area contributed by atoms with Gasteiger partial charge in [0.1, 0.15) is 5.75 Å². The van der Waals surface area contributed by atoms with Gasteiger partial charge in [-0.15, -0.1) is 0 Å². The fourth-order valence-electron chi connectivity index (χ4n) is 2.34. The van der Waals surface area contributed by atoms with Gasteiger partial charge in [0.25, 0.3) is 5.91 Å². The number of carbonyl (C=O) groups is 1. The minimum Gasteiger partial charge on any atom is -0.481 e. The van der Waals surface area contributed by atoms with E-state index in [4.69, 9.17) is 16.3 Å². The maximum Gasteiger partial charge on any atom is 0.265 e. The highest BCUT2D eigenvalue weighted by Gasteiger charge is 2.18. The molecule has 1 N–H and O–H groups in total. The van der Waals surface area contributed by atoms with Crippen LogP contribution in [-0.4, -0.2) is 12.0 Å². The number of aryl methyl sites for hydroxylation is 1. The van der Waals surface area contributed by atoms with Crippen LogP contribution in [0, 0.1) is 6.92 Å². The van der Waals surface area contributed by atoms with Crippen LogP contribution in [-0.2, 0) is 4.79 Å². The summed E-state index contributed by atoms with van der Waals surface area (Å²) < 4.78 is 5.67. The molecule has 0 aromatic heterocycles. The Morgan fingerprint density at radius 3 is 2.35 bits per heavy atom. The van der Waals surface area contributed by atoms with Crippen LogP contribution in [0.25, 0.3) is 0 Å². The summed E-state index contributed by atoms with van der Waals surface area (Å²) in [6.07, 6.45) is -0.601. The second-order valence-corrected chi connectivity index (χ2v) is 6.33. The molecule has 122 valence electrons. The van der Waals surface area contributed by atoms with Gasteiger partial charge >= 0.3 is 0 Å². The lowest BCUT2D eigenvalue weighted by atomic mass is 9.98. The molecule has 4 heteroatoms. The van der Waals surface area contributed by atoms with E-state index >= 15 is 0 Å². The first kappa shape index (κ1) is 17.4. The molecule has 1 atom stereocenters. The van der Waals surface area contributed by atoms with Crippen molar-refractivity contribution < 1.29 is 9.53 Å². The van der Waals surface area contributed by atoms with E-state index in [0.717, 1.165) is 16.8 Å². The van der Waals surface area contributed by atoms with E-state index in [9.17, 15) is 4.79 Å². The van der Waals surface area contributed by atoms with Crippen molar-refractivity contribution in [3.63, 3.8) is 0 Å². The van der Waals surface area contributed by atoms with Crippen LogP contribution in [0.3, 0.4) is 0 Å². The highest BCUT2D eigenvalue weighted by Crippen LogP contribution is 2.27. The Morgan fingerprint density at radius 1 is 1.09 bits per heavy atom. The molecule has 0 spiro atoms. The Morgan fingerprint density at radius 2 is 1.74 bits per heavy atom. The summed E-state index contributed by atoms with van der Waals surface area (Å²) in [5, 5.41) is 3.64. The Balaban J connectivity index is 2.11. The van der Waals surface area contributed by atoms with Crippen molar-refractivity contribution >= 4 is 23.2 Å². The Hall–Kier alpha value is -2.00. The van der Waals surface area contributed by atoms with Crippen LogP contribution in [0.2, 0.25) is 5.02 Å². The first-order chi connectivity index (χ1) is 10.9. The number of ether oxygens (including phenoxy) is 1. The predicted octanol–water partition coefficient (Wildman–Crippen LogP) is 5.18. The number of halogens is 1. The highest BCUT2D eigenvalue weighted by atomic mass is 35.5. The summed E-state index contributed by atoms with van der Waals surface area (Å²) in [6.45, 7) is 7.94. The monoisotopic (exact) mass is 331 g/mol. The van der Waals surface area contributed by atoms with E-state index in [0.29, 0.717) is 16.7 Å². The molecular weight excluding hydrogens is 310 g/mol. The zero-order valence-electron chi connectivity index (χ0n) is 13.9. The van der Waals surface area contributed by atoms with Gasteiger partial charge in [-0.2, -0.15) is 0 Å². The van der Waals surface area contributed by atoms with Crippen molar-refractivity contribution in [3.05, 3.63) is 58.6 Å². The van der Waals surface area contributed by atoms with Gasteiger partial charge in [0.2, 0.25) is 0 Å². The third-order valence-electron chi connectivity index (χ3n) is 3.67. The first-order valence-electron chi connectivity index (χ1n) is 7.71. The van der Waals surface area contributed by atoms with E-state index in [2.05, 4.69) is 19.2 Å². The van der Waals surface area contributed by atoms with E-state index in [1.807, 2.05) is 25.1 Å². The number of anilines is 1. The maximum absolute atomic E-state index is 12.4. The van der Waals surface area contributed by atoms with Crippen molar-refractivity contribution in [1.82, 2.24) is 0 Å². The van der Waals surface area contributed by atoms with Crippen LogP contribution in [0.5, 0.6) is 5.75 Å². The summed E-state index contributed by atoms with van der Waals surface area (Å²) in [6, 6.07) is 13.0. The minimum absolute atomic E-state index is 0.170. The minimum atomic E-state index is -0.601. The zero-order valence-corrected chi connectivity index (χ0v) is 14.6. The lowest BCUT2D eigenvalue weighted by molar-refractivity contribution is -0.122. The van der Waals surface area contributed by atoms with Gasteiger partial charge in [0.05, 0.1) is 0 Å². The molecular formula is C19H22ClNO2. The lowest BCUT2D eigenvalue weighted by Gasteiger charge is -2.19. The van der Waals surface area contributed by atoms with E-state index < -0.39 is 6.10 Å². The standard InChI is InChI=1S/C19H22ClNO2/c1-12(2)17-7-5-6-13(3)18(17)21-19(22)14(4)23-16-10-8-15(20)9-11-16/h5-12,14H,1-4H3,(H,21,22)/t14-/m1/s1. The first-order valence-corrected chi connectivity index (χ1v) is 8.09.